The van der Waals surface area contributed by atoms with Crippen LogP contribution in [0.25, 0.3) is 0 Å². The molecule has 0 spiro atoms. The van der Waals surface area contributed by atoms with Crippen molar-refractivity contribution in [1.82, 2.24) is 0 Å². The number of benzene rings is 1. The quantitative estimate of drug-likeness (QED) is 0.470. The second-order valence-electron chi connectivity index (χ2n) is 7.91. The summed E-state index contributed by atoms with van der Waals surface area (Å²) in [6, 6.07) is 8.34. The maximum atomic E-state index is 5.74. The Hall–Kier alpha value is -0.940. The van der Waals surface area contributed by atoms with Crippen LogP contribution < -0.4 is 0 Å². The summed E-state index contributed by atoms with van der Waals surface area (Å²) in [7, 11) is 0. The van der Waals surface area contributed by atoms with E-state index in [-0.39, 0.29) is 0 Å². The van der Waals surface area contributed by atoms with Crippen LogP contribution in [0.15, 0.2) is 24.3 Å². The Balaban J connectivity index is 2.16. The lowest BCUT2D eigenvalue weighted by Gasteiger charge is -2.38. The third kappa shape index (κ3) is 5.06. The van der Waals surface area contributed by atoms with E-state index < -0.39 is 17.0 Å². The van der Waals surface area contributed by atoms with Gasteiger partial charge >= 0.3 is 0 Å². The Morgan fingerprint density at radius 1 is 0.818 bits per heavy atom. The first-order valence-electron chi connectivity index (χ1n) is 7.89. The molecule has 0 fully saturated rings. The fraction of sp³-hybridized carbons (Fsp3) is 0.667. The molecule has 22 heavy (non-hydrogen) atoms. The van der Waals surface area contributed by atoms with Crippen molar-refractivity contribution < 1.29 is 19.6 Å². The molecule has 0 aliphatic heterocycles. The molecule has 0 heterocycles. The van der Waals surface area contributed by atoms with Crippen LogP contribution in [-0.2, 0) is 32.4 Å². The summed E-state index contributed by atoms with van der Waals surface area (Å²) in [6.45, 7) is 11.7. The van der Waals surface area contributed by atoms with Crippen LogP contribution in [-0.4, -0.2) is 17.0 Å². The second kappa shape index (κ2) is 6.28. The van der Waals surface area contributed by atoms with Crippen molar-refractivity contribution in [2.75, 3.05) is 0 Å². The van der Waals surface area contributed by atoms with Gasteiger partial charge in [-0.25, -0.2) is 9.78 Å². The minimum atomic E-state index is -0.908. The summed E-state index contributed by atoms with van der Waals surface area (Å²) in [5.74, 6) is -0.908. The second-order valence-corrected chi connectivity index (χ2v) is 7.91. The molecule has 1 aromatic rings. The van der Waals surface area contributed by atoms with Crippen LogP contribution >= 0.6 is 0 Å². The predicted molar refractivity (Wildman–Crippen MR) is 85.0 cm³/mol. The summed E-state index contributed by atoms with van der Waals surface area (Å²) >= 11 is 0. The third-order valence-electron chi connectivity index (χ3n) is 3.24. The Morgan fingerprint density at radius 2 is 1.32 bits per heavy atom. The van der Waals surface area contributed by atoms with Crippen LogP contribution in [0.5, 0.6) is 0 Å². The Labute approximate surface area is 133 Å². The number of rotatable bonds is 4. The molecule has 2 rings (SSSR count). The minimum absolute atomic E-state index is 0.408. The molecule has 4 heteroatoms. The maximum absolute atomic E-state index is 5.74. The average molecular weight is 308 g/mol. The largest absolute Gasteiger partial charge is 0.238 e. The minimum Gasteiger partial charge on any atom is -0.228 e. The monoisotopic (exact) mass is 308 g/mol. The summed E-state index contributed by atoms with van der Waals surface area (Å²) in [5, 5.41) is 0. The fourth-order valence-electron chi connectivity index (χ4n) is 2.24. The van der Waals surface area contributed by atoms with Gasteiger partial charge in [0, 0.05) is 12.8 Å². The molecule has 0 unspecified atom stereocenters. The molecular weight excluding hydrogens is 280 g/mol. The average Bonchev–Trinajstić information content (AvgIpc) is 2.42. The van der Waals surface area contributed by atoms with Gasteiger partial charge < -0.3 is 0 Å². The Morgan fingerprint density at radius 3 is 1.82 bits per heavy atom. The summed E-state index contributed by atoms with van der Waals surface area (Å²) in [6.07, 6.45) is 2.17. The van der Waals surface area contributed by atoms with Gasteiger partial charge in [-0.2, -0.15) is 9.78 Å². The van der Waals surface area contributed by atoms with Crippen LogP contribution in [0.1, 0.15) is 59.1 Å². The molecular formula is C18H28O4. The highest BCUT2D eigenvalue weighted by Gasteiger charge is 2.41. The smallest absolute Gasteiger partial charge is 0.228 e. The molecule has 124 valence electrons. The number of hydrogen-bond donors (Lipinski definition) is 0. The van der Waals surface area contributed by atoms with E-state index in [4.69, 9.17) is 19.6 Å². The molecule has 0 aromatic heterocycles. The van der Waals surface area contributed by atoms with Crippen molar-refractivity contribution in [3.8, 4) is 0 Å². The molecule has 0 N–H and O–H groups in total. The van der Waals surface area contributed by atoms with Crippen molar-refractivity contribution in [1.29, 1.82) is 0 Å². The van der Waals surface area contributed by atoms with Crippen LogP contribution in [0.2, 0.25) is 0 Å². The van der Waals surface area contributed by atoms with Gasteiger partial charge in [0.1, 0.15) is 0 Å². The summed E-state index contributed by atoms with van der Waals surface area (Å²) in [5.41, 5.74) is 1.73. The molecule has 0 amide bonds. The van der Waals surface area contributed by atoms with Crippen molar-refractivity contribution in [3.63, 3.8) is 0 Å². The lowest BCUT2D eigenvalue weighted by molar-refractivity contribution is -0.542. The number of aryl methyl sites for hydroxylation is 1. The van der Waals surface area contributed by atoms with Crippen molar-refractivity contribution in [2.45, 2.75) is 77.8 Å². The number of fused-ring (bicyclic) bond motifs is 1. The van der Waals surface area contributed by atoms with E-state index in [0.717, 1.165) is 6.42 Å². The highest BCUT2D eigenvalue weighted by atomic mass is 17.3. The van der Waals surface area contributed by atoms with E-state index >= 15 is 0 Å². The van der Waals surface area contributed by atoms with Gasteiger partial charge in [0.15, 0.2) is 0 Å². The molecule has 0 saturated carbocycles. The van der Waals surface area contributed by atoms with Gasteiger partial charge in [0.05, 0.1) is 11.2 Å². The van der Waals surface area contributed by atoms with Gasteiger partial charge in [-0.1, -0.05) is 24.3 Å². The molecule has 4 nitrogen and oxygen atoms in total. The van der Waals surface area contributed by atoms with Crippen molar-refractivity contribution in [3.05, 3.63) is 35.4 Å². The molecule has 0 atom stereocenters. The predicted octanol–water partition coefficient (Wildman–Crippen LogP) is 4.37. The van der Waals surface area contributed by atoms with Gasteiger partial charge in [-0.15, -0.1) is 0 Å². The first kappa shape index (κ1) is 17.4. The van der Waals surface area contributed by atoms with Crippen molar-refractivity contribution in [2.24, 2.45) is 0 Å². The zero-order valence-corrected chi connectivity index (χ0v) is 14.6. The standard InChI is InChI=1S/C18H28O4/c1-16(2,3)19-21-18(22-20-17(4,5)6)12-11-14-9-7-8-10-15(14)13-18/h7-10H,11-13H2,1-6H3. The molecule has 1 aromatic carbocycles. The molecule has 1 aliphatic rings. The molecule has 0 saturated heterocycles. The number of hydrogen-bond acceptors (Lipinski definition) is 4. The third-order valence-corrected chi connectivity index (χ3v) is 3.24. The summed E-state index contributed by atoms with van der Waals surface area (Å²) < 4.78 is 0. The first-order chi connectivity index (χ1) is 10.1. The first-order valence-corrected chi connectivity index (χ1v) is 7.89. The van der Waals surface area contributed by atoms with Gasteiger partial charge in [-0.05, 0) is 59.1 Å². The normalized spacial score (nSPS) is 18.1. The van der Waals surface area contributed by atoms with Crippen molar-refractivity contribution >= 4 is 0 Å². The van der Waals surface area contributed by atoms with E-state index in [1.807, 2.05) is 47.6 Å². The van der Waals surface area contributed by atoms with E-state index in [1.165, 1.54) is 11.1 Å². The Bertz CT molecular complexity index is 479. The van der Waals surface area contributed by atoms with E-state index in [2.05, 4.69) is 18.2 Å². The summed E-state index contributed by atoms with van der Waals surface area (Å²) in [4.78, 5) is 22.6. The fourth-order valence-corrected chi connectivity index (χ4v) is 2.24. The molecule has 0 radical (unpaired) electrons. The van der Waals surface area contributed by atoms with E-state index in [0.29, 0.717) is 12.8 Å². The van der Waals surface area contributed by atoms with Crippen LogP contribution in [0.4, 0.5) is 0 Å². The van der Waals surface area contributed by atoms with E-state index in [9.17, 15) is 0 Å². The highest BCUT2D eigenvalue weighted by molar-refractivity contribution is 5.30. The zero-order chi connectivity index (χ0) is 16.4. The van der Waals surface area contributed by atoms with Gasteiger partial charge in [0.25, 0.3) is 0 Å². The maximum Gasteiger partial charge on any atom is 0.238 e. The van der Waals surface area contributed by atoms with Crippen LogP contribution in [0, 0.1) is 0 Å². The van der Waals surface area contributed by atoms with Gasteiger partial charge in [0.2, 0.25) is 5.79 Å². The van der Waals surface area contributed by atoms with E-state index in [1.54, 1.807) is 0 Å². The zero-order valence-electron chi connectivity index (χ0n) is 14.6. The Kier molecular flexibility index (Phi) is 4.97. The highest BCUT2D eigenvalue weighted by Crippen LogP contribution is 2.35. The molecule has 1 aliphatic carbocycles. The lowest BCUT2D eigenvalue weighted by atomic mass is 9.87. The molecule has 0 bridgehead atoms. The van der Waals surface area contributed by atoms with Gasteiger partial charge in [-0.3, -0.25) is 0 Å². The lowest BCUT2D eigenvalue weighted by Crippen LogP contribution is -2.45. The topological polar surface area (TPSA) is 36.9 Å². The van der Waals surface area contributed by atoms with Crippen LogP contribution in [0.3, 0.4) is 0 Å². The SMILES string of the molecule is CC(C)(C)OOC1(OOC(C)(C)C)CCc2ccccc2C1.